The van der Waals surface area contributed by atoms with Gasteiger partial charge in [-0.25, -0.2) is 9.45 Å². The largest absolute Gasteiger partial charge is 0.524 e. The van der Waals surface area contributed by atoms with Gasteiger partial charge in [-0.05, 0) is 74.0 Å². The van der Waals surface area contributed by atoms with Crippen LogP contribution in [0.5, 0.6) is 5.75 Å². The average Bonchev–Trinajstić information content (AvgIpc) is 2.52. The van der Waals surface area contributed by atoms with Crippen molar-refractivity contribution in [1.82, 2.24) is 0 Å². The van der Waals surface area contributed by atoms with Gasteiger partial charge < -0.3 is 9.26 Å². The van der Waals surface area contributed by atoms with Crippen molar-refractivity contribution in [2.45, 2.75) is 43.5 Å². The maximum absolute atomic E-state index is 11.3. The smallest absolute Gasteiger partial charge is 0.404 e. The second kappa shape index (κ2) is 5.92. The Bertz CT molecular complexity index is 792. The summed E-state index contributed by atoms with van der Waals surface area (Å²) in [7, 11) is -3.14. The van der Waals surface area contributed by atoms with E-state index in [1.165, 1.54) is 18.6 Å². The summed E-state index contributed by atoms with van der Waals surface area (Å²) in [5, 5.41) is 0.279. The summed E-state index contributed by atoms with van der Waals surface area (Å²) in [5.74, 6) is 0.944. The second-order valence-corrected chi connectivity index (χ2v) is 9.94. The fourth-order valence-corrected chi connectivity index (χ4v) is 6.90. The Morgan fingerprint density at radius 3 is 2.19 bits per heavy atom. The summed E-state index contributed by atoms with van der Waals surface area (Å²) in [6.07, 6.45) is 5.67. The Morgan fingerprint density at radius 2 is 1.70 bits per heavy atom. The molecule has 1 aromatic rings. The number of hydrogen-bond donors (Lipinski definition) is 2. The average molecular weight is 417 g/mol. The minimum absolute atomic E-state index is 0.0308. The van der Waals surface area contributed by atoms with E-state index in [0.29, 0.717) is 17.4 Å². The standard InChI is InChI=1S/C18H22ClO7P/c1-23-18(14-7-15(19)9-16(8-14)24-27(20,21)22)17(25-26-18)12-3-10-2-11(5-12)6-13(17)4-10/h7-13H,2-6H2,1H3,(H2,20,21,22). The summed E-state index contributed by atoms with van der Waals surface area (Å²) in [6, 6.07) is 4.56. The van der Waals surface area contributed by atoms with Crippen LogP contribution in [0.3, 0.4) is 0 Å². The van der Waals surface area contributed by atoms with Gasteiger partial charge in [-0.3, -0.25) is 9.79 Å². The van der Waals surface area contributed by atoms with Crippen LogP contribution in [0.1, 0.15) is 37.7 Å². The highest BCUT2D eigenvalue weighted by atomic mass is 35.5. The third-order valence-electron chi connectivity index (χ3n) is 6.93. The Kier molecular flexibility index (Phi) is 4.03. The fraction of sp³-hybridized carbons (Fsp3) is 0.667. The molecule has 5 fully saturated rings. The van der Waals surface area contributed by atoms with Crippen molar-refractivity contribution in [3.05, 3.63) is 28.8 Å². The van der Waals surface area contributed by atoms with Gasteiger partial charge in [0.15, 0.2) is 5.60 Å². The normalized spacial score (nSPS) is 42.4. The molecule has 9 heteroatoms. The number of methoxy groups -OCH3 is 1. The molecule has 4 saturated carbocycles. The summed E-state index contributed by atoms with van der Waals surface area (Å²) >= 11 is 6.22. The Labute approximate surface area is 162 Å². The molecule has 0 aromatic heterocycles. The zero-order chi connectivity index (χ0) is 19.0. The Morgan fingerprint density at radius 1 is 1.07 bits per heavy atom. The molecule has 1 atom stereocenters. The molecule has 4 bridgehead atoms. The first-order chi connectivity index (χ1) is 12.8. The number of ether oxygens (including phenoxy) is 1. The van der Waals surface area contributed by atoms with E-state index in [0.717, 1.165) is 37.5 Å². The first kappa shape index (κ1) is 18.4. The van der Waals surface area contributed by atoms with Crippen molar-refractivity contribution < 1.29 is 33.4 Å². The van der Waals surface area contributed by atoms with E-state index >= 15 is 0 Å². The van der Waals surface area contributed by atoms with Crippen LogP contribution in [0, 0.1) is 23.7 Å². The summed E-state index contributed by atoms with van der Waals surface area (Å²) in [5.41, 5.74) is -0.0427. The van der Waals surface area contributed by atoms with Crippen LogP contribution >= 0.6 is 19.4 Å². The minimum atomic E-state index is -4.71. The highest BCUT2D eigenvalue weighted by molar-refractivity contribution is 7.46. The predicted octanol–water partition coefficient (Wildman–Crippen LogP) is 3.77. The van der Waals surface area contributed by atoms with Crippen LogP contribution in [-0.2, 0) is 24.9 Å². The molecular weight excluding hydrogens is 395 g/mol. The van der Waals surface area contributed by atoms with Crippen LogP contribution < -0.4 is 4.52 Å². The van der Waals surface area contributed by atoms with Gasteiger partial charge in [-0.2, -0.15) is 4.89 Å². The lowest BCUT2D eigenvalue weighted by atomic mass is 9.47. The van der Waals surface area contributed by atoms with E-state index in [1.807, 2.05) is 0 Å². The Hall–Kier alpha value is -0.660. The lowest BCUT2D eigenvalue weighted by Crippen LogP contribution is -2.76. The molecule has 7 nitrogen and oxygen atoms in total. The van der Waals surface area contributed by atoms with Gasteiger partial charge in [0.1, 0.15) is 5.75 Å². The Balaban J connectivity index is 1.58. The molecule has 1 aromatic carbocycles. The molecule has 148 valence electrons. The number of benzene rings is 1. The van der Waals surface area contributed by atoms with Crippen molar-refractivity contribution in [2.75, 3.05) is 7.11 Å². The first-order valence-corrected chi connectivity index (χ1v) is 11.1. The second-order valence-electron chi connectivity index (χ2n) is 8.34. The van der Waals surface area contributed by atoms with Gasteiger partial charge in [0.2, 0.25) is 0 Å². The van der Waals surface area contributed by atoms with Crippen molar-refractivity contribution in [3.63, 3.8) is 0 Å². The third kappa shape index (κ3) is 2.57. The highest BCUT2D eigenvalue weighted by Crippen LogP contribution is 2.69. The van der Waals surface area contributed by atoms with Crippen molar-refractivity contribution >= 4 is 19.4 Å². The topological polar surface area (TPSA) is 94.5 Å². The highest BCUT2D eigenvalue weighted by Gasteiger charge is 2.76. The van der Waals surface area contributed by atoms with Crippen LogP contribution in [0.2, 0.25) is 5.02 Å². The number of rotatable bonds is 4. The van der Waals surface area contributed by atoms with E-state index in [4.69, 9.17) is 40.4 Å². The molecule has 0 radical (unpaired) electrons. The zero-order valence-electron chi connectivity index (χ0n) is 14.8. The molecule has 6 rings (SSSR count). The van der Waals surface area contributed by atoms with Gasteiger partial charge in [0.05, 0.1) is 0 Å². The molecule has 1 unspecified atom stereocenters. The van der Waals surface area contributed by atoms with Crippen LogP contribution in [0.15, 0.2) is 18.2 Å². The molecule has 1 saturated heterocycles. The molecule has 4 aliphatic carbocycles. The van der Waals surface area contributed by atoms with Gasteiger partial charge >= 0.3 is 7.82 Å². The van der Waals surface area contributed by atoms with Gasteiger partial charge in [-0.15, -0.1) is 0 Å². The quantitative estimate of drug-likeness (QED) is 0.570. The number of halogens is 1. The van der Waals surface area contributed by atoms with Gasteiger partial charge in [0, 0.05) is 17.7 Å². The number of hydrogen-bond acceptors (Lipinski definition) is 5. The molecule has 1 aliphatic heterocycles. The van der Waals surface area contributed by atoms with Crippen LogP contribution in [0.4, 0.5) is 0 Å². The van der Waals surface area contributed by atoms with E-state index in [-0.39, 0.29) is 10.8 Å². The molecule has 2 N–H and O–H groups in total. The lowest BCUT2D eigenvalue weighted by molar-refractivity contribution is -0.645. The third-order valence-corrected chi connectivity index (χ3v) is 7.59. The molecule has 1 heterocycles. The molecular formula is C18H22ClO7P. The summed E-state index contributed by atoms with van der Waals surface area (Å²) in [4.78, 5) is 29.8. The minimum Gasteiger partial charge on any atom is -0.404 e. The van der Waals surface area contributed by atoms with Gasteiger partial charge in [0.25, 0.3) is 5.79 Å². The fourth-order valence-electron chi connectivity index (χ4n) is 6.30. The maximum Gasteiger partial charge on any atom is 0.524 e. The van der Waals surface area contributed by atoms with Gasteiger partial charge in [-0.1, -0.05) is 11.6 Å². The van der Waals surface area contributed by atoms with E-state index < -0.39 is 19.2 Å². The maximum atomic E-state index is 11.3. The van der Waals surface area contributed by atoms with E-state index in [2.05, 4.69) is 0 Å². The number of phosphoric acid groups is 1. The van der Waals surface area contributed by atoms with E-state index in [1.54, 1.807) is 13.2 Å². The van der Waals surface area contributed by atoms with Crippen LogP contribution in [-0.4, -0.2) is 22.5 Å². The predicted molar refractivity (Wildman–Crippen MR) is 94.8 cm³/mol. The SMILES string of the molecule is COC1(c2cc(Cl)cc(OP(=O)(O)O)c2)OOC12C1CC3CC(C1)CC2C3. The van der Waals surface area contributed by atoms with Crippen molar-refractivity contribution in [2.24, 2.45) is 23.7 Å². The molecule has 1 spiro atoms. The van der Waals surface area contributed by atoms with Crippen molar-refractivity contribution in [3.8, 4) is 5.75 Å². The van der Waals surface area contributed by atoms with Crippen LogP contribution in [0.25, 0.3) is 0 Å². The molecule has 0 amide bonds. The zero-order valence-corrected chi connectivity index (χ0v) is 16.5. The number of phosphoric ester groups is 1. The first-order valence-electron chi connectivity index (χ1n) is 9.24. The lowest BCUT2D eigenvalue weighted by Gasteiger charge is -2.68. The van der Waals surface area contributed by atoms with E-state index in [9.17, 15) is 4.57 Å². The molecule has 27 heavy (non-hydrogen) atoms. The molecule has 5 aliphatic rings. The summed E-state index contributed by atoms with van der Waals surface area (Å²) < 4.78 is 21.9. The van der Waals surface area contributed by atoms with Crippen molar-refractivity contribution in [1.29, 1.82) is 0 Å². The summed E-state index contributed by atoms with van der Waals surface area (Å²) in [6.45, 7) is 0. The monoisotopic (exact) mass is 416 g/mol.